The van der Waals surface area contributed by atoms with E-state index in [2.05, 4.69) is 30.4 Å². The van der Waals surface area contributed by atoms with Crippen molar-refractivity contribution < 1.29 is 40.6 Å². The summed E-state index contributed by atoms with van der Waals surface area (Å²) in [4.78, 5) is 14.6. The Hall–Kier alpha value is -1.52. The molecule has 0 spiro atoms. The van der Waals surface area contributed by atoms with Gasteiger partial charge in [-0.05, 0) is 6.92 Å². The zero-order valence-corrected chi connectivity index (χ0v) is 13.1. The summed E-state index contributed by atoms with van der Waals surface area (Å²) in [5.74, 6) is -2.26. The van der Waals surface area contributed by atoms with Crippen LogP contribution in [0.1, 0.15) is 23.9 Å². The van der Waals surface area contributed by atoms with Gasteiger partial charge < -0.3 is 9.47 Å². The molecule has 0 aliphatic carbocycles. The average molecular weight is 410 g/mol. The standard InChI is InChI=1S/C12H10BrF6NO3/c1-2-22-9(21)4-7-8(23-12(17,18)19)3-6(5-13)20-10(7)11(14,15)16/h3H,2,4-5H2,1H3. The molecule has 0 unspecified atom stereocenters. The van der Waals surface area contributed by atoms with Gasteiger partial charge in [0.2, 0.25) is 0 Å². The molecule has 0 radical (unpaired) electrons. The topological polar surface area (TPSA) is 48.4 Å². The van der Waals surface area contributed by atoms with Crippen molar-refractivity contribution in [1.82, 2.24) is 4.98 Å². The Morgan fingerprint density at radius 2 is 1.87 bits per heavy atom. The van der Waals surface area contributed by atoms with E-state index in [4.69, 9.17) is 0 Å². The molecule has 11 heteroatoms. The van der Waals surface area contributed by atoms with Crippen molar-refractivity contribution in [2.75, 3.05) is 6.61 Å². The molecule has 0 atom stereocenters. The summed E-state index contributed by atoms with van der Waals surface area (Å²) < 4.78 is 84.5. The Kier molecular flexibility index (Phi) is 6.25. The molecule has 1 aromatic rings. The highest BCUT2D eigenvalue weighted by Crippen LogP contribution is 2.37. The van der Waals surface area contributed by atoms with Crippen molar-refractivity contribution in [2.45, 2.75) is 31.2 Å². The van der Waals surface area contributed by atoms with E-state index in [0.29, 0.717) is 6.07 Å². The maximum Gasteiger partial charge on any atom is 0.573 e. The molecule has 1 heterocycles. The fourth-order valence-electron chi connectivity index (χ4n) is 1.64. The molecule has 0 amide bonds. The van der Waals surface area contributed by atoms with E-state index in [1.165, 1.54) is 6.92 Å². The number of rotatable bonds is 5. The van der Waals surface area contributed by atoms with Gasteiger partial charge in [0.15, 0.2) is 5.69 Å². The zero-order chi connectivity index (χ0) is 17.8. The van der Waals surface area contributed by atoms with Crippen LogP contribution in [0.5, 0.6) is 5.75 Å². The Morgan fingerprint density at radius 1 is 1.26 bits per heavy atom. The van der Waals surface area contributed by atoms with Gasteiger partial charge in [0.25, 0.3) is 0 Å². The van der Waals surface area contributed by atoms with Crippen molar-refractivity contribution in [2.24, 2.45) is 0 Å². The predicted octanol–water partition coefficient (Wildman–Crippen LogP) is 4.00. The number of esters is 1. The number of pyridine rings is 1. The number of ether oxygens (including phenoxy) is 2. The summed E-state index contributed by atoms with van der Waals surface area (Å²) in [6.07, 6.45) is -11.3. The van der Waals surface area contributed by atoms with E-state index in [9.17, 15) is 31.1 Å². The summed E-state index contributed by atoms with van der Waals surface area (Å²) in [5.41, 5.74) is -2.98. The summed E-state index contributed by atoms with van der Waals surface area (Å²) in [6.45, 7) is 1.27. The van der Waals surface area contributed by atoms with Crippen LogP contribution < -0.4 is 4.74 Å². The normalized spacial score (nSPS) is 12.2. The second kappa shape index (κ2) is 7.37. The van der Waals surface area contributed by atoms with Crippen molar-refractivity contribution in [1.29, 1.82) is 0 Å². The Morgan fingerprint density at radius 3 is 2.30 bits per heavy atom. The minimum absolute atomic E-state index is 0.136. The van der Waals surface area contributed by atoms with Gasteiger partial charge in [-0.25, -0.2) is 4.98 Å². The lowest BCUT2D eigenvalue weighted by molar-refractivity contribution is -0.275. The Bertz CT molecular complexity index is 573. The average Bonchev–Trinajstić information content (AvgIpc) is 2.37. The molecular formula is C12H10BrF6NO3. The third-order valence-corrected chi connectivity index (χ3v) is 2.97. The highest BCUT2D eigenvalue weighted by molar-refractivity contribution is 9.08. The maximum atomic E-state index is 13.0. The van der Waals surface area contributed by atoms with Gasteiger partial charge >= 0.3 is 18.5 Å². The fourth-order valence-corrected chi connectivity index (χ4v) is 1.93. The lowest BCUT2D eigenvalue weighted by atomic mass is 10.1. The highest BCUT2D eigenvalue weighted by atomic mass is 79.9. The molecule has 0 bridgehead atoms. The maximum absolute atomic E-state index is 13.0. The summed E-state index contributed by atoms with van der Waals surface area (Å²) in [5, 5.41) is -0.232. The van der Waals surface area contributed by atoms with Crippen LogP contribution in [0, 0.1) is 0 Å². The van der Waals surface area contributed by atoms with Gasteiger partial charge in [-0.15, -0.1) is 13.2 Å². The van der Waals surface area contributed by atoms with Gasteiger partial charge in [-0.3, -0.25) is 4.79 Å². The minimum atomic E-state index is -5.22. The van der Waals surface area contributed by atoms with E-state index in [0.717, 1.165) is 0 Å². The third kappa shape index (κ3) is 5.88. The molecule has 0 fully saturated rings. The molecule has 0 aromatic carbocycles. The second-order valence-electron chi connectivity index (χ2n) is 4.10. The molecule has 23 heavy (non-hydrogen) atoms. The van der Waals surface area contributed by atoms with Crippen molar-refractivity contribution in [3.63, 3.8) is 0 Å². The van der Waals surface area contributed by atoms with Crippen LogP contribution in [0.15, 0.2) is 6.07 Å². The molecular weight excluding hydrogens is 400 g/mol. The van der Waals surface area contributed by atoms with Crippen LogP contribution in [-0.4, -0.2) is 23.9 Å². The van der Waals surface area contributed by atoms with Gasteiger partial charge in [0, 0.05) is 17.0 Å². The molecule has 0 saturated heterocycles. The van der Waals surface area contributed by atoms with Crippen LogP contribution >= 0.6 is 15.9 Å². The number of hydrogen-bond acceptors (Lipinski definition) is 4. The number of halogens is 7. The fraction of sp³-hybridized carbons (Fsp3) is 0.500. The number of alkyl halides is 7. The monoisotopic (exact) mass is 409 g/mol. The number of nitrogens with zero attached hydrogens (tertiary/aromatic N) is 1. The van der Waals surface area contributed by atoms with Crippen LogP contribution in [0.2, 0.25) is 0 Å². The SMILES string of the molecule is CCOC(=O)Cc1c(OC(F)(F)F)cc(CBr)nc1C(F)(F)F. The second-order valence-corrected chi connectivity index (χ2v) is 4.66. The first-order chi connectivity index (χ1) is 10.5. The number of carbonyl (C=O) groups excluding carboxylic acids is 1. The van der Waals surface area contributed by atoms with Gasteiger partial charge in [0.05, 0.1) is 18.7 Å². The molecule has 130 valence electrons. The largest absolute Gasteiger partial charge is 0.573 e. The van der Waals surface area contributed by atoms with E-state index in [1.807, 2.05) is 0 Å². The quantitative estimate of drug-likeness (QED) is 0.419. The highest BCUT2D eigenvalue weighted by Gasteiger charge is 2.40. The number of hydrogen-bond donors (Lipinski definition) is 0. The van der Waals surface area contributed by atoms with Crippen molar-refractivity contribution in [3.8, 4) is 5.75 Å². The van der Waals surface area contributed by atoms with Crippen LogP contribution in [-0.2, 0) is 27.5 Å². The molecule has 0 N–H and O–H groups in total. The van der Waals surface area contributed by atoms with E-state index < -0.39 is 41.9 Å². The molecule has 0 saturated carbocycles. The van der Waals surface area contributed by atoms with Crippen molar-refractivity contribution >= 4 is 21.9 Å². The predicted molar refractivity (Wildman–Crippen MR) is 68.9 cm³/mol. The van der Waals surface area contributed by atoms with Crippen LogP contribution in [0.4, 0.5) is 26.3 Å². The van der Waals surface area contributed by atoms with E-state index >= 15 is 0 Å². The first kappa shape index (κ1) is 19.5. The van der Waals surface area contributed by atoms with Gasteiger partial charge in [-0.1, -0.05) is 15.9 Å². The summed E-state index contributed by atoms with van der Waals surface area (Å²) >= 11 is 2.81. The summed E-state index contributed by atoms with van der Waals surface area (Å²) in [6, 6.07) is 0.687. The van der Waals surface area contributed by atoms with Gasteiger partial charge in [-0.2, -0.15) is 13.2 Å². The van der Waals surface area contributed by atoms with E-state index in [-0.39, 0.29) is 17.6 Å². The number of carbonyl (C=O) groups is 1. The molecule has 4 nitrogen and oxygen atoms in total. The molecule has 0 aliphatic heterocycles. The summed E-state index contributed by atoms with van der Waals surface area (Å²) in [7, 11) is 0. The first-order valence-corrected chi connectivity index (χ1v) is 7.17. The lowest BCUT2D eigenvalue weighted by Gasteiger charge is -2.18. The van der Waals surface area contributed by atoms with E-state index in [1.54, 1.807) is 0 Å². The van der Waals surface area contributed by atoms with Gasteiger partial charge in [0.1, 0.15) is 5.75 Å². The minimum Gasteiger partial charge on any atom is -0.466 e. The molecule has 0 aliphatic rings. The van der Waals surface area contributed by atoms with Crippen molar-refractivity contribution in [3.05, 3.63) is 23.0 Å². The Balaban J connectivity index is 3.47. The van der Waals surface area contributed by atoms with Crippen LogP contribution in [0.3, 0.4) is 0 Å². The Labute approximate surface area is 134 Å². The first-order valence-electron chi connectivity index (χ1n) is 6.05. The zero-order valence-electron chi connectivity index (χ0n) is 11.5. The third-order valence-electron chi connectivity index (χ3n) is 2.39. The lowest BCUT2D eigenvalue weighted by Crippen LogP contribution is -2.23. The smallest absolute Gasteiger partial charge is 0.466 e. The molecule has 1 rings (SSSR count). The van der Waals surface area contributed by atoms with Crippen LogP contribution in [0.25, 0.3) is 0 Å². The molecule has 1 aromatic heterocycles. The number of aromatic nitrogens is 1.